The van der Waals surface area contributed by atoms with Gasteiger partial charge in [0.1, 0.15) is 5.69 Å². The summed E-state index contributed by atoms with van der Waals surface area (Å²) in [5, 5.41) is 5.78. The van der Waals surface area contributed by atoms with E-state index in [-0.39, 0.29) is 11.5 Å². The summed E-state index contributed by atoms with van der Waals surface area (Å²) < 4.78 is 38.0. The van der Waals surface area contributed by atoms with Crippen LogP contribution in [0.1, 0.15) is 66.0 Å². The molecular weight excluding hydrogens is 483 g/mol. The molecule has 4 nitrogen and oxygen atoms in total. The molecule has 0 aliphatic carbocycles. The summed E-state index contributed by atoms with van der Waals surface area (Å²) in [6.45, 7) is 5.53. The smallest absolute Gasteiger partial charge is 0.320 e. The van der Waals surface area contributed by atoms with Gasteiger partial charge in [-0.05, 0) is 56.1 Å². The number of hydrogen-bond donors (Lipinski definition) is 1. The molecule has 2 aromatic carbocycles. The van der Waals surface area contributed by atoms with Gasteiger partial charge in [0, 0.05) is 22.5 Å². The van der Waals surface area contributed by atoms with Crippen molar-refractivity contribution in [3.8, 4) is 11.1 Å². The topological polar surface area (TPSA) is 45.2 Å². The molecule has 1 N–H and O–H groups in total. The van der Waals surface area contributed by atoms with Gasteiger partial charge in [0.05, 0.1) is 11.4 Å². The lowest BCUT2D eigenvalue weighted by molar-refractivity contribution is -0.127. The zero-order chi connectivity index (χ0) is 25.5. The second-order valence-electron chi connectivity index (χ2n) is 9.38. The predicted octanol–water partition coefficient (Wildman–Crippen LogP) is 7.54. The van der Waals surface area contributed by atoms with E-state index in [0.29, 0.717) is 17.3 Å². The van der Waals surface area contributed by atoms with Gasteiger partial charge in [-0.15, -0.1) is 11.3 Å². The second kappa shape index (κ2) is 12.0. The highest BCUT2D eigenvalue weighted by molar-refractivity contribution is 7.10. The molecule has 0 radical (unpaired) electrons. The lowest BCUT2D eigenvalue weighted by atomic mass is 9.97. The summed E-state index contributed by atoms with van der Waals surface area (Å²) in [7, 11) is 0. The van der Waals surface area contributed by atoms with Crippen LogP contribution in [0, 0.1) is 0 Å². The van der Waals surface area contributed by atoms with Crippen LogP contribution in [0.3, 0.4) is 0 Å². The fourth-order valence-corrected chi connectivity index (χ4v) is 5.60. The van der Waals surface area contributed by atoms with Crippen molar-refractivity contribution in [1.82, 2.24) is 9.88 Å². The Morgan fingerprint density at radius 1 is 1.08 bits per heavy atom. The molecule has 4 rings (SSSR count). The third-order valence-corrected chi connectivity index (χ3v) is 7.62. The van der Waals surface area contributed by atoms with Gasteiger partial charge in [-0.3, -0.25) is 4.79 Å². The van der Waals surface area contributed by atoms with Crippen LogP contribution in [0.2, 0.25) is 0 Å². The number of halogens is 3. The van der Waals surface area contributed by atoms with E-state index in [2.05, 4.69) is 22.1 Å². The summed E-state index contributed by atoms with van der Waals surface area (Å²) in [5.41, 5.74) is 2.68. The van der Waals surface area contributed by atoms with E-state index in [1.54, 1.807) is 29.5 Å². The van der Waals surface area contributed by atoms with Crippen molar-refractivity contribution in [2.24, 2.45) is 0 Å². The SMILES string of the molecule is CCCCCN1CCC(c2nc(C(=O)Nc3ccccc3-c3ccc(CC(F)(F)F)cc3)cs2)CC1. The van der Waals surface area contributed by atoms with E-state index >= 15 is 0 Å². The van der Waals surface area contributed by atoms with Crippen LogP contribution >= 0.6 is 11.3 Å². The first-order chi connectivity index (χ1) is 17.3. The Kier molecular flexibility index (Phi) is 8.80. The maximum atomic E-state index is 13.0. The van der Waals surface area contributed by atoms with Crippen LogP contribution in [-0.2, 0) is 6.42 Å². The van der Waals surface area contributed by atoms with Crippen molar-refractivity contribution in [2.45, 2.75) is 57.5 Å². The van der Waals surface area contributed by atoms with Gasteiger partial charge in [0.2, 0.25) is 0 Å². The molecule has 8 heteroatoms. The Hall–Kier alpha value is -2.71. The molecule has 1 aliphatic heterocycles. The van der Waals surface area contributed by atoms with E-state index in [9.17, 15) is 18.0 Å². The van der Waals surface area contributed by atoms with Crippen molar-refractivity contribution in [1.29, 1.82) is 0 Å². The highest BCUT2D eigenvalue weighted by Gasteiger charge is 2.27. The molecule has 36 heavy (non-hydrogen) atoms. The Labute approximate surface area is 214 Å². The lowest BCUT2D eigenvalue weighted by Gasteiger charge is -2.30. The molecule has 0 unspecified atom stereocenters. The predicted molar refractivity (Wildman–Crippen MR) is 140 cm³/mol. The Morgan fingerprint density at radius 3 is 2.50 bits per heavy atom. The van der Waals surface area contributed by atoms with Crippen LogP contribution in [0.15, 0.2) is 53.9 Å². The van der Waals surface area contributed by atoms with Crippen molar-refractivity contribution in [3.63, 3.8) is 0 Å². The average Bonchev–Trinajstić information content (AvgIpc) is 3.35. The number of unbranched alkanes of at least 4 members (excludes halogenated alkanes) is 2. The quantitative estimate of drug-likeness (QED) is 0.300. The summed E-state index contributed by atoms with van der Waals surface area (Å²) in [5.74, 6) is 0.108. The van der Waals surface area contributed by atoms with E-state index < -0.39 is 12.6 Å². The molecule has 1 aliphatic rings. The molecule has 0 bridgehead atoms. The normalized spacial score (nSPS) is 15.2. The zero-order valence-corrected chi connectivity index (χ0v) is 21.3. The number of hydrogen-bond acceptors (Lipinski definition) is 4. The van der Waals surface area contributed by atoms with Crippen LogP contribution in [0.4, 0.5) is 18.9 Å². The number of anilines is 1. The maximum absolute atomic E-state index is 13.0. The third kappa shape index (κ3) is 7.17. The van der Waals surface area contributed by atoms with Gasteiger partial charge >= 0.3 is 6.18 Å². The number of likely N-dealkylation sites (tertiary alicyclic amines) is 1. The standard InChI is InChI=1S/C28H32F3N3OS/c1-2-3-6-15-34-16-13-22(14-17-34)27-33-25(19-36-27)26(35)32-24-8-5-4-7-23(24)21-11-9-20(10-12-21)18-28(29,30)31/h4-5,7-12,19,22H,2-3,6,13-18H2,1H3,(H,32,35). The van der Waals surface area contributed by atoms with Gasteiger partial charge in [0.15, 0.2) is 0 Å². The minimum absolute atomic E-state index is 0.203. The second-order valence-corrected chi connectivity index (χ2v) is 10.3. The molecule has 1 amide bonds. The van der Waals surface area contributed by atoms with Crippen LogP contribution in [0.25, 0.3) is 11.1 Å². The molecule has 1 saturated heterocycles. The van der Waals surface area contributed by atoms with E-state index in [1.807, 2.05) is 23.6 Å². The number of benzene rings is 2. The average molecular weight is 516 g/mol. The molecule has 0 spiro atoms. The van der Waals surface area contributed by atoms with Crippen molar-refractivity contribution >= 4 is 22.9 Å². The first-order valence-electron chi connectivity index (χ1n) is 12.6. The van der Waals surface area contributed by atoms with Crippen LogP contribution in [-0.4, -0.2) is 41.6 Å². The molecule has 0 atom stereocenters. The van der Waals surface area contributed by atoms with Gasteiger partial charge in [-0.1, -0.05) is 62.2 Å². The van der Waals surface area contributed by atoms with Crippen molar-refractivity contribution in [3.05, 3.63) is 70.2 Å². The molecular formula is C28H32F3N3OS. The number of para-hydroxylation sites is 1. The number of rotatable bonds is 9. The number of alkyl halides is 3. The molecule has 2 heterocycles. The first-order valence-corrected chi connectivity index (χ1v) is 13.4. The minimum Gasteiger partial charge on any atom is -0.320 e. The number of thiazole rings is 1. The Bertz CT molecular complexity index is 1140. The number of piperidine rings is 1. The molecule has 3 aromatic rings. The van der Waals surface area contributed by atoms with Gasteiger partial charge in [-0.25, -0.2) is 4.98 Å². The fraction of sp³-hybridized carbons (Fsp3) is 0.429. The zero-order valence-electron chi connectivity index (χ0n) is 20.5. The highest BCUT2D eigenvalue weighted by atomic mass is 32.1. The maximum Gasteiger partial charge on any atom is 0.393 e. The summed E-state index contributed by atoms with van der Waals surface area (Å²) in [6, 6.07) is 13.5. The van der Waals surface area contributed by atoms with Crippen LogP contribution in [0.5, 0.6) is 0 Å². The molecule has 0 saturated carbocycles. The monoisotopic (exact) mass is 515 g/mol. The van der Waals surface area contributed by atoms with Crippen molar-refractivity contribution < 1.29 is 18.0 Å². The fourth-order valence-electron chi connectivity index (χ4n) is 4.63. The first kappa shape index (κ1) is 26.4. The number of nitrogens with zero attached hydrogens (tertiary/aromatic N) is 2. The van der Waals surface area contributed by atoms with Crippen LogP contribution < -0.4 is 5.32 Å². The number of aromatic nitrogens is 1. The third-order valence-electron chi connectivity index (χ3n) is 6.61. The Balaban J connectivity index is 1.39. The van der Waals surface area contributed by atoms with Gasteiger partial charge in [0.25, 0.3) is 5.91 Å². The summed E-state index contributed by atoms with van der Waals surface area (Å²) in [6.07, 6.45) is 0.682. The van der Waals surface area contributed by atoms with Gasteiger partial charge < -0.3 is 10.2 Å². The van der Waals surface area contributed by atoms with E-state index in [1.165, 1.54) is 31.4 Å². The minimum atomic E-state index is -4.24. The molecule has 1 aromatic heterocycles. The summed E-state index contributed by atoms with van der Waals surface area (Å²) in [4.78, 5) is 20.2. The lowest BCUT2D eigenvalue weighted by Crippen LogP contribution is -2.33. The highest BCUT2D eigenvalue weighted by Crippen LogP contribution is 2.32. The van der Waals surface area contributed by atoms with E-state index in [0.717, 1.165) is 48.6 Å². The molecule has 1 fully saturated rings. The number of amides is 1. The van der Waals surface area contributed by atoms with E-state index in [4.69, 9.17) is 0 Å². The van der Waals surface area contributed by atoms with Gasteiger partial charge in [-0.2, -0.15) is 13.2 Å². The number of nitrogens with one attached hydrogen (secondary N) is 1. The number of carbonyl (C=O) groups is 1. The molecule has 192 valence electrons. The summed E-state index contributed by atoms with van der Waals surface area (Å²) >= 11 is 1.54. The number of carbonyl (C=O) groups excluding carboxylic acids is 1. The Morgan fingerprint density at radius 2 is 1.81 bits per heavy atom. The van der Waals surface area contributed by atoms with Crippen molar-refractivity contribution in [2.75, 3.05) is 25.0 Å². The largest absolute Gasteiger partial charge is 0.393 e.